The highest BCUT2D eigenvalue weighted by Crippen LogP contribution is 2.19. The Morgan fingerprint density at radius 2 is 1.87 bits per heavy atom. The van der Waals surface area contributed by atoms with E-state index < -0.39 is 0 Å². The Hall–Kier alpha value is -2.22. The molecule has 23 heavy (non-hydrogen) atoms. The second-order valence-corrected chi connectivity index (χ2v) is 6.18. The molecule has 0 unspecified atom stereocenters. The summed E-state index contributed by atoms with van der Waals surface area (Å²) in [5, 5.41) is 11.3. The molecule has 1 aliphatic heterocycles. The molecule has 2 heterocycles. The van der Waals surface area contributed by atoms with Gasteiger partial charge in [0.25, 0.3) is 0 Å². The van der Waals surface area contributed by atoms with Gasteiger partial charge >= 0.3 is 0 Å². The molecule has 1 saturated heterocycles. The molecule has 1 aromatic heterocycles. The number of carbonyl (C=O) groups excluding carboxylic acids is 1. The first-order valence-corrected chi connectivity index (χ1v) is 8.14. The fraction of sp³-hybridized carbons (Fsp3) is 0.333. The Kier molecular flexibility index (Phi) is 4.71. The Bertz CT molecular complexity index is 685. The van der Waals surface area contributed by atoms with Crippen LogP contribution in [0.1, 0.15) is 6.92 Å². The number of hydrogen-bond donors (Lipinski definition) is 1. The highest BCUT2D eigenvalue weighted by atomic mass is 79.9. The number of benzene rings is 1. The van der Waals surface area contributed by atoms with E-state index >= 15 is 0 Å². The van der Waals surface area contributed by atoms with Crippen LogP contribution in [0.15, 0.2) is 34.9 Å². The van der Waals surface area contributed by atoms with Crippen molar-refractivity contribution in [3.05, 3.63) is 34.9 Å². The number of aromatic nitrogens is 3. The van der Waals surface area contributed by atoms with Gasteiger partial charge in [-0.15, -0.1) is 5.10 Å². The summed E-state index contributed by atoms with van der Waals surface area (Å²) in [6.07, 6.45) is 1.59. The van der Waals surface area contributed by atoms with Crippen molar-refractivity contribution in [1.82, 2.24) is 20.1 Å². The fourth-order valence-corrected chi connectivity index (χ4v) is 2.66. The molecule has 0 aliphatic carbocycles. The van der Waals surface area contributed by atoms with Crippen molar-refractivity contribution in [1.29, 1.82) is 0 Å². The number of nitrogens with zero attached hydrogens (tertiary/aromatic N) is 5. The quantitative estimate of drug-likeness (QED) is 0.883. The van der Waals surface area contributed by atoms with Crippen LogP contribution >= 0.6 is 15.9 Å². The van der Waals surface area contributed by atoms with Crippen LogP contribution in [0.5, 0.6) is 0 Å². The molecule has 1 aromatic carbocycles. The molecule has 1 amide bonds. The Labute approximate surface area is 142 Å². The van der Waals surface area contributed by atoms with Crippen LogP contribution in [0.2, 0.25) is 0 Å². The van der Waals surface area contributed by atoms with Gasteiger partial charge in [0.05, 0.1) is 6.20 Å². The van der Waals surface area contributed by atoms with Gasteiger partial charge in [0.15, 0.2) is 5.82 Å². The van der Waals surface area contributed by atoms with Crippen molar-refractivity contribution >= 4 is 39.3 Å². The van der Waals surface area contributed by atoms with E-state index in [4.69, 9.17) is 0 Å². The first-order valence-electron chi connectivity index (χ1n) is 7.34. The molecule has 1 aliphatic rings. The minimum Gasteiger partial charge on any atom is -0.339 e. The summed E-state index contributed by atoms with van der Waals surface area (Å²) in [5.74, 6) is 1.33. The second-order valence-electron chi connectivity index (χ2n) is 5.27. The van der Waals surface area contributed by atoms with Gasteiger partial charge < -0.3 is 15.1 Å². The van der Waals surface area contributed by atoms with E-state index in [0.717, 1.165) is 10.2 Å². The maximum Gasteiger partial charge on any atom is 0.247 e. The van der Waals surface area contributed by atoms with E-state index in [0.29, 0.717) is 37.9 Å². The van der Waals surface area contributed by atoms with Gasteiger partial charge in [0.2, 0.25) is 11.9 Å². The molecular weight excluding hydrogens is 360 g/mol. The molecule has 0 atom stereocenters. The van der Waals surface area contributed by atoms with E-state index in [1.807, 2.05) is 34.1 Å². The van der Waals surface area contributed by atoms with Gasteiger partial charge in [0.1, 0.15) is 0 Å². The van der Waals surface area contributed by atoms with E-state index in [1.165, 1.54) is 0 Å². The van der Waals surface area contributed by atoms with E-state index in [2.05, 4.69) is 36.4 Å². The Balaban J connectivity index is 1.68. The maximum absolute atomic E-state index is 11.4. The van der Waals surface area contributed by atoms with Crippen LogP contribution in [0, 0.1) is 0 Å². The zero-order valence-corrected chi connectivity index (χ0v) is 14.3. The van der Waals surface area contributed by atoms with E-state index in [-0.39, 0.29) is 5.91 Å². The third-order valence-corrected chi connectivity index (χ3v) is 4.20. The maximum atomic E-state index is 11.4. The molecule has 7 nitrogen and oxygen atoms in total. The van der Waals surface area contributed by atoms with E-state index in [9.17, 15) is 4.79 Å². The minimum atomic E-state index is 0.106. The number of nitrogens with one attached hydrogen (secondary N) is 1. The number of anilines is 3. The summed E-state index contributed by atoms with van der Waals surface area (Å²) in [5.41, 5.74) is 0.932. The van der Waals surface area contributed by atoms with Crippen molar-refractivity contribution in [3.8, 4) is 0 Å². The number of hydrogen-bond acceptors (Lipinski definition) is 6. The highest BCUT2D eigenvalue weighted by molar-refractivity contribution is 9.10. The van der Waals surface area contributed by atoms with Crippen LogP contribution in [-0.4, -0.2) is 52.2 Å². The minimum absolute atomic E-state index is 0.106. The molecule has 120 valence electrons. The van der Waals surface area contributed by atoms with Gasteiger partial charge in [0, 0.05) is 43.3 Å². The lowest BCUT2D eigenvalue weighted by Gasteiger charge is -2.33. The summed E-state index contributed by atoms with van der Waals surface area (Å²) < 4.78 is 1.02. The Morgan fingerprint density at radius 3 is 2.52 bits per heavy atom. The molecule has 1 fully saturated rings. The zero-order valence-electron chi connectivity index (χ0n) is 12.7. The van der Waals surface area contributed by atoms with Crippen molar-refractivity contribution in [2.75, 3.05) is 36.4 Å². The lowest BCUT2D eigenvalue weighted by atomic mass is 10.3. The number of piperazine rings is 1. The van der Waals surface area contributed by atoms with Crippen LogP contribution < -0.4 is 10.2 Å². The van der Waals surface area contributed by atoms with Crippen molar-refractivity contribution in [2.45, 2.75) is 6.92 Å². The largest absolute Gasteiger partial charge is 0.339 e. The molecule has 8 heteroatoms. The number of carbonyl (C=O) groups is 1. The molecular formula is C15H17BrN6O. The summed E-state index contributed by atoms with van der Waals surface area (Å²) in [4.78, 5) is 19.8. The van der Waals surface area contributed by atoms with Crippen molar-refractivity contribution < 1.29 is 4.79 Å². The number of amides is 1. The average Bonchev–Trinajstić information content (AvgIpc) is 2.57. The first kappa shape index (κ1) is 15.7. The zero-order chi connectivity index (χ0) is 16.2. The summed E-state index contributed by atoms with van der Waals surface area (Å²) >= 11 is 3.41. The van der Waals surface area contributed by atoms with Gasteiger partial charge in [-0.3, -0.25) is 4.79 Å². The monoisotopic (exact) mass is 376 g/mol. The van der Waals surface area contributed by atoms with Crippen LogP contribution in [-0.2, 0) is 4.79 Å². The van der Waals surface area contributed by atoms with Crippen LogP contribution in [0.3, 0.4) is 0 Å². The van der Waals surface area contributed by atoms with Gasteiger partial charge in [-0.05, 0) is 24.3 Å². The molecule has 0 radical (unpaired) electrons. The van der Waals surface area contributed by atoms with Gasteiger partial charge in [-0.25, -0.2) is 0 Å². The fourth-order valence-electron chi connectivity index (χ4n) is 2.39. The summed E-state index contributed by atoms with van der Waals surface area (Å²) in [6.45, 7) is 4.38. The number of rotatable bonds is 3. The summed E-state index contributed by atoms with van der Waals surface area (Å²) in [6, 6.07) is 7.83. The number of halogens is 1. The standard InChI is InChI=1S/C15H17BrN6O/c1-11(23)21-6-8-22(9-7-21)15-19-14(10-17-20-15)18-13-4-2-12(16)3-5-13/h2-5,10H,6-9H2,1H3,(H,18,19,20). The van der Waals surface area contributed by atoms with E-state index in [1.54, 1.807) is 13.1 Å². The predicted molar refractivity (Wildman–Crippen MR) is 91.7 cm³/mol. The SMILES string of the molecule is CC(=O)N1CCN(c2nncc(Nc3ccc(Br)cc3)n2)CC1. The normalized spacial score (nSPS) is 14.7. The van der Waals surface area contributed by atoms with Gasteiger partial charge in [-0.2, -0.15) is 10.1 Å². The van der Waals surface area contributed by atoms with Crippen LogP contribution in [0.25, 0.3) is 0 Å². The molecule has 0 bridgehead atoms. The average molecular weight is 377 g/mol. The highest BCUT2D eigenvalue weighted by Gasteiger charge is 2.20. The molecule has 3 rings (SSSR count). The molecule has 0 spiro atoms. The topological polar surface area (TPSA) is 74.2 Å². The van der Waals surface area contributed by atoms with Gasteiger partial charge in [-0.1, -0.05) is 15.9 Å². The van der Waals surface area contributed by atoms with Crippen molar-refractivity contribution in [2.24, 2.45) is 0 Å². The molecule has 0 saturated carbocycles. The lowest BCUT2D eigenvalue weighted by Crippen LogP contribution is -2.48. The van der Waals surface area contributed by atoms with Crippen LogP contribution in [0.4, 0.5) is 17.5 Å². The first-order chi connectivity index (χ1) is 11.1. The molecule has 2 aromatic rings. The third kappa shape index (κ3) is 3.95. The summed E-state index contributed by atoms with van der Waals surface area (Å²) in [7, 11) is 0. The van der Waals surface area contributed by atoms with Crippen molar-refractivity contribution in [3.63, 3.8) is 0 Å². The predicted octanol–water partition coefficient (Wildman–Crippen LogP) is 2.05. The second kappa shape index (κ2) is 6.91. The third-order valence-electron chi connectivity index (χ3n) is 3.67. The Morgan fingerprint density at radius 1 is 1.17 bits per heavy atom. The lowest BCUT2D eigenvalue weighted by molar-refractivity contribution is -0.129. The smallest absolute Gasteiger partial charge is 0.247 e. The molecule has 1 N–H and O–H groups in total.